The van der Waals surface area contributed by atoms with Crippen molar-refractivity contribution in [3.63, 3.8) is 0 Å². The van der Waals surface area contributed by atoms with Crippen LogP contribution in [0.1, 0.15) is 5.76 Å². The minimum atomic E-state index is -0.768. The van der Waals surface area contributed by atoms with E-state index in [-0.39, 0.29) is 21.9 Å². The fraction of sp³-hybridized carbons (Fsp3) is 0. The van der Waals surface area contributed by atoms with Gasteiger partial charge in [-0.3, -0.25) is 4.79 Å². The van der Waals surface area contributed by atoms with E-state index in [1.54, 1.807) is 48.5 Å². The van der Waals surface area contributed by atoms with Gasteiger partial charge in [0.15, 0.2) is 5.76 Å². The monoisotopic (exact) mass is 426 g/mol. The molecule has 0 N–H and O–H groups in total. The average Bonchev–Trinajstić information content (AvgIpc) is 3.22. The summed E-state index contributed by atoms with van der Waals surface area (Å²) in [6, 6.07) is 14.7. The Morgan fingerprint density at radius 2 is 1.86 bits per heavy atom. The Balaban J connectivity index is 1.83. The number of esters is 1. The van der Waals surface area contributed by atoms with Gasteiger partial charge in [0.25, 0.3) is 0 Å². The Morgan fingerprint density at radius 1 is 1.03 bits per heavy atom. The minimum absolute atomic E-state index is 0.0371. The van der Waals surface area contributed by atoms with Gasteiger partial charge in [-0.25, -0.2) is 4.79 Å². The fourth-order valence-corrected chi connectivity index (χ4v) is 3.23. The van der Waals surface area contributed by atoms with Gasteiger partial charge in [0, 0.05) is 16.7 Å². The number of furan rings is 1. The van der Waals surface area contributed by atoms with Crippen molar-refractivity contribution in [2.24, 2.45) is 0 Å². The van der Waals surface area contributed by atoms with Crippen LogP contribution >= 0.6 is 23.2 Å². The molecule has 2 aromatic carbocycles. The highest BCUT2D eigenvalue weighted by Crippen LogP contribution is 2.36. The standard InChI is InChI=1S/C22H12Cl2O5/c23-13-7-9-15(17(24)12-13)21-22(20(26)16-5-1-2-6-18(16)28-21)29-19(25)10-8-14-4-3-11-27-14/h1-12H. The zero-order valence-corrected chi connectivity index (χ0v) is 16.2. The molecule has 4 rings (SSSR count). The molecule has 0 saturated heterocycles. The summed E-state index contributed by atoms with van der Waals surface area (Å²) in [6.07, 6.45) is 4.06. The number of benzene rings is 2. The number of fused-ring (bicyclic) bond motifs is 1. The van der Waals surface area contributed by atoms with Gasteiger partial charge in [0.2, 0.25) is 11.2 Å². The Morgan fingerprint density at radius 3 is 2.62 bits per heavy atom. The van der Waals surface area contributed by atoms with Gasteiger partial charge in [-0.15, -0.1) is 0 Å². The van der Waals surface area contributed by atoms with E-state index < -0.39 is 11.4 Å². The molecular weight excluding hydrogens is 415 g/mol. The molecule has 2 aromatic heterocycles. The maximum Gasteiger partial charge on any atom is 0.336 e. The summed E-state index contributed by atoms with van der Waals surface area (Å²) in [5.41, 5.74) is 0.216. The summed E-state index contributed by atoms with van der Waals surface area (Å²) in [4.78, 5) is 25.4. The third kappa shape index (κ3) is 3.97. The van der Waals surface area contributed by atoms with Crippen molar-refractivity contribution >= 4 is 46.2 Å². The van der Waals surface area contributed by atoms with Gasteiger partial charge < -0.3 is 13.6 Å². The lowest BCUT2D eigenvalue weighted by atomic mass is 10.1. The average molecular weight is 427 g/mol. The molecule has 29 heavy (non-hydrogen) atoms. The van der Waals surface area contributed by atoms with Crippen molar-refractivity contribution < 1.29 is 18.4 Å². The molecule has 2 heterocycles. The van der Waals surface area contributed by atoms with Gasteiger partial charge in [-0.05, 0) is 48.5 Å². The first-order valence-electron chi connectivity index (χ1n) is 8.47. The molecule has 0 bridgehead atoms. The summed E-state index contributed by atoms with van der Waals surface area (Å²) < 4.78 is 16.4. The number of hydrogen-bond acceptors (Lipinski definition) is 5. The van der Waals surface area contributed by atoms with Crippen molar-refractivity contribution in [2.45, 2.75) is 0 Å². The van der Waals surface area contributed by atoms with Crippen molar-refractivity contribution in [1.82, 2.24) is 0 Å². The summed E-state index contributed by atoms with van der Waals surface area (Å²) in [7, 11) is 0. The molecule has 0 spiro atoms. The summed E-state index contributed by atoms with van der Waals surface area (Å²) in [5.74, 6) is -0.527. The van der Waals surface area contributed by atoms with Gasteiger partial charge in [0.1, 0.15) is 11.3 Å². The van der Waals surface area contributed by atoms with E-state index in [4.69, 9.17) is 36.8 Å². The Hall–Kier alpha value is -3.28. The Labute approximate surface area is 174 Å². The first-order chi connectivity index (χ1) is 14.0. The van der Waals surface area contributed by atoms with E-state index in [2.05, 4.69) is 0 Å². The maximum absolute atomic E-state index is 13.0. The van der Waals surface area contributed by atoms with E-state index in [9.17, 15) is 9.59 Å². The third-order valence-corrected chi connectivity index (χ3v) is 4.61. The number of rotatable bonds is 4. The molecule has 5 nitrogen and oxygen atoms in total. The number of hydrogen-bond donors (Lipinski definition) is 0. The molecule has 144 valence electrons. The van der Waals surface area contributed by atoms with Crippen molar-refractivity contribution in [3.05, 3.63) is 93.0 Å². The zero-order valence-electron chi connectivity index (χ0n) is 14.7. The zero-order chi connectivity index (χ0) is 20.4. The molecule has 0 radical (unpaired) electrons. The second-order valence-corrected chi connectivity index (χ2v) is 6.82. The SMILES string of the molecule is O=C(C=Cc1ccco1)Oc1c(-c2ccc(Cl)cc2Cl)oc2ccccc2c1=O. The second kappa shape index (κ2) is 7.99. The summed E-state index contributed by atoms with van der Waals surface area (Å²) in [5, 5.41) is 0.945. The highest BCUT2D eigenvalue weighted by molar-refractivity contribution is 6.36. The Kier molecular flexibility index (Phi) is 5.25. The molecular formula is C22H12Cl2O5. The molecule has 0 aliphatic carbocycles. The largest absolute Gasteiger partial charge is 0.465 e. The molecule has 4 aromatic rings. The van der Waals surface area contributed by atoms with Crippen molar-refractivity contribution in [3.8, 4) is 17.1 Å². The molecule has 0 unspecified atom stereocenters. The van der Waals surface area contributed by atoms with Crippen molar-refractivity contribution in [2.75, 3.05) is 0 Å². The molecule has 7 heteroatoms. The van der Waals surface area contributed by atoms with Crippen LogP contribution in [0, 0.1) is 0 Å². The highest BCUT2D eigenvalue weighted by Gasteiger charge is 2.21. The summed E-state index contributed by atoms with van der Waals surface area (Å²) >= 11 is 12.3. The van der Waals surface area contributed by atoms with Crippen LogP contribution < -0.4 is 10.2 Å². The van der Waals surface area contributed by atoms with E-state index in [1.807, 2.05) is 0 Å². The van der Waals surface area contributed by atoms with Crippen LogP contribution in [0.5, 0.6) is 5.75 Å². The number of carbonyl (C=O) groups excluding carboxylic acids is 1. The minimum Gasteiger partial charge on any atom is -0.465 e. The van der Waals surface area contributed by atoms with Crippen LogP contribution in [-0.2, 0) is 4.79 Å². The number of para-hydroxylation sites is 1. The van der Waals surface area contributed by atoms with E-state index in [1.165, 1.54) is 18.4 Å². The Bertz CT molecular complexity index is 1290. The normalized spacial score (nSPS) is 11.2. The smallest absolute Gasteiger partial charge is 0.336 e. The summed E-state index contributed by atoms with van der Waals surface area (Å²) in [6.45, 7) is 0. The van der Waals surface area contributed by atoms with E-state index in [0.717, 1.165) is 6.08 Å². The maximum atomic E-state index is 13.0. The first kappa shape index (κ1) is 19.1. The number of carbonyl (C=O) groups is 1. The lowest BCUT2D eigenvalue weighted by Crippen LogP contribution is -2.14. The van der Waals surface area contributed by atoms with Gasteiger partial charge in [0.05, 0.1) is 16.7 Å². The van der Waals surface area contributed by atoms with E-state index >= 15 is 0 Å². The van der Waals surface area contributed by atoms with Crippen LogP contribution in [0.2, 0.25) is 10.0 Å². The highest BCUT2D eigenvalue weighted by atomic mass is 35.5. The molecule has 0 aliphatic rings. The van der Waals surface area contributed by atoms with Crippen LogP contribution in [0.3, 0.4) is 0 Å². The molecule has 0 aliphatic heterocycles. The predicted octanol–water partition coefficient (Wildman–Crippen LogP) is 5.98. The van der Waals surface area contributed by atoms with Crippen LogP contribution in [0.25, 0.3) is 28.4 Å². The van der Waals surface area contributed by atoms with Crippen LogP contribution in [-0.4, -0.2) is 5.97 Å². The number of halogens is 2. The topological polar surface area (TPSA) is 69.7 Å². The van der Waals surface area contributed by atoms with E-state index in [0.29, 0.717) is 21.9 Å². The molecule has 0 amide bonds. The molecule has 0 fully saturated rings. The van der Waals surface area contributed by atoms with Crippen LogP contribution in [0.4, 0.5) is 0 Å². The quantitative estimate of drug-likeness (QED) is 0.296. The lowest BCUT2D eigenvalue weighted by molar-refractivity contribution is -0.129. The van der Waals surface area contributed by atoms with Crippen LogP contribution in [0.15, 0.2) is 80.6 Å². The second-order valence-electron chi connectivity index (χ2n) is 5.98. The lowest BCUT2D eigenvalue weighted by Gasteiger charge is -2.11. The molecule has 0 saturated carbocycles. The first-order valence-corrected chi connectivity index (χ1v) is 9.23. The molecule has 0 atom stereocenters. The third-order valence-electron chi connectivity index (χ3n) is 4.06. The predicted molar refractivity (Wildman–Crippen MR) is 111 cm³/mol. The fourth-order valence-electron chi connectivity index (χ4n) is 2.74. The van der Waals surface area contributed by atoms with Gasteiger partial charge in [-0.1, -0.05) is 35.3 Å². The van der Waals surface area contributed by atoms with Gasteiger partial charge >= 0.3 is 5.97 Å². The number of ether oxygens (including phenoxy) is 1. The van der Waals surface area contributed by atoms with Gasteiger partial charge in [-0.2, -0.15) is 0 Å². The van der Waals surface area contributed by atoms with Crippen molar-refractivity contribution in [1.29, 1.82) is 0 Å².